The molecule has 1 heterocycles. The molecule has 1 unspecified atom stereocenters. The Morgan fingerprint density at radius 1 is 1.16 bits per heavy atom. The van der Waals surface area contributed by atoms with Gasteiger partial charge in [-0.1, -0.05) is 18.2 Å². The monoisotopic (exact) mass is 257 g/mol. The number of ether oxygens (including phenoxy) is 1. The Balaban J connectivity index is 2.16. The van der Waals surface area contributed by atoms with Gasteiger partial charge >= 0.3 is 0 Å². The molecule has 0 radical (unpaired) electrons. The first kappa shape index (κ1) is 11.7. The molecule has 3 rings (SSSR count). The molecule has 0 saturated heterocycles. The summed E-state index contributed by atoms with van der Waals surface area (Å²) in [5.74, 6) is 0.0464. The fourth-order valence-corrected chi connectivity index (χ4v) is 2.16. The van der Waals surface area contributed by atoms with Crippen molar-refractivity contribution in [1.82, 2.24) is 0 Å². The van der Waals surface area contributed by atoms with Gasteiger partial charge in [-0.15, -0.1) is 0 Å². The predicted molar refractivity (Wildman–Crippen MR) is 70.1 cm³/mol. The molecule has 3 nitrogen and oxygen atoms in total. The molecule has 4 heteroatoms. The molecular formula is C15H12FNO2. The van der Waals surface area contributed by atoms with E-state index >= 15 is 0 Å². The van der Waals surface area contributed by atoms with Crippen LogP contribution < -0.4 is 9.64 Å². The van der Waals surface area contributed by atoms with Gasteiger partial charge in [0, 0.05) is 0 Å². The molecule has 0 fully saturated rings. The number of rotatable bonds is 1. The molecule has 0 aromatic heterocycles. The summed E-state index contributed by atoms with van der Waals surface area (Å²) in [6.07, 6.45) is -0.585. The van der Waals surface area contributed by atoms with Crippen LogP contribution in [0.5, 0.6) is 5.75 Å². The van der Waals surface area contributed by atoms with Gasteiger partial charge in [-0.25, -0.2) is 4.39 Å². The van der Waals surface area contributed by atoms with Gasteiger partial charge in [0.1, 0.15) is 11.6 Å². The van der Waals surface area contributed by atoms with Crippen molar-refractivity contribution >= 4 is 17.3 Å². The molecule has 96 valence electrons. The Labute approximate surface area is 110 Å². The lowest BCUT2D eigenvalue weighted by Gasteiger charge is -2.32. The number of halogens is 1. The average molecular weight is 257 g/mol. The molecule has 1 aliphatic rings. The average Bonchev–Trinajstić information content (AvgIpc) is 2.40. The lowest BCUT2D eigenvalue weighted by Crippen LogP contribution is -2.41. The van der Waals surface area contributed by atoms with Crippen molar-refractivity contribution in [3.63, 3.8) is 0 Å². The molecule has 0 saturated carbocycles. The van der Waals surface area contributed by atoms with Crippen molar-refractivity contribution in [2.45, 2.75) is 13.0 Å². The highest BCUT2D eigenvalue weighted by Crippen LogP contribution is 2.38. The van der Waals surface area contributed by atoms with Crippen molar-refractivity contribution in [2.75, 3.05) is 4.90 Å². The van der Waals surface area contributed by atoms with E-state index in [0.29, 0.717) is 17.1 Å². The summed E-state index contributed by atoms with van der Waals surface area (Å²) in [6, 6.07) is 13.2. The fourth-order valence-electron chi connectivity index (χ4n) is 2.16. The van der Waals surface area contributed by atoms with Crippen LogP contribution in [-0.4, -0.2) is 12.0 Å². The van der Waals surface area contributed by atoms with Gasteiger partial charge in [-0.2, -0.15) is 0 Å². The number of carbonyl (C=O) groups excluding carboxylic acids is 1. The van der Waals surface area contributed by atoms with E-state index in [4.69, 9.17) is 4.74 Å². The van der Waals surface area contributed by atoms with E-state index < -0.39 is 6.10 Å². The van der Waals surface area contributed by atoms with Crippen LogP contribution in [0.1, 0.15) is 6.92 Å². The lowest BCUT2D eigenvalue weighted by atomic mass is 10.1. The first-order chi connectivity index (χ1) is 9.16. The van der Waals surface area contributed by atoms with E-state index in [-0.39, 0.29) is 11.7 Å². The molecule has 0 bridgehead atoms. The number of hydrogen-bond donors (Lipinski definition) is 0. The SMILES string of the molecule is CC1Oc2ccccc2N(c2cccc(F)c2)C1=O. The van der Waals surface area contributed by atoms with Crippen LogP contribution >= 0.6 is 0 Å². The number of carbonyl (C=O) groups is 1. The Hall–Kier alpha value is -2.36. The van der Waals surface area contributed by atoms with Crippen LogP contribution in [0, 0.1) is 5.82 Å². The third-order valence-electron chi connectivity index (χ3n) is 3.04. The van der Waals surface area contributed by atoms with E-state index in [1.807, 2.05) is 12.1 Å². The van der Waals surface area contributed by atoms with Crippen LogP contribution in [0.25, 0.3) is 0 Å². The second-order valence-electron chi connectivity index (χ2n) is 4.38. The number of amides is 1. The topological polar surface area (TPSA) is 29.5 Å². The molecular weight excluding hydrogens is 245 g/mol. The van der Waals surface area contributed by atoms with Crippen molar-refractivity contribution < 1.29 is 13.9 Å². The zero-order valence-electron chi connectivity index (χ0n) is 10.3. The van der Waals surface area contributed by atoms with Crippen LogP contribution in [-0.2, 0) is 4.79 Å². The highest BCUT2D eigenvalue weighted by molar-refractivity contribution is 6.05. The summed E-state index contributed by atoms with van der Waals surface area (Å²) in [5, 5.41) is 0. The summed E-state index contributed by atoms with van der Waals surface area (Å²) < 4.78 is 18.9. The molecule has 0 N–H and O–H groups in total. The highest BCUT2D eigenvalue weighted by Gasteiger charge is 2.32. The molecule has 2 aromatic carbocycles. The number of anilines is 2. The molecule has 1 aliphatic heterocycles. The lowest BCUT2D eigenvalue weighted by molar-refractivity contribution is -0.124. The summed E-state index contributed by atoms with van der Waals surface area (Å²) in [7, 11) is 0. The maximum atomic E-state index is 13.4. The quantitative estimate of drug-likeness (QED) is 0.784. The van der Waals surface area contributed by atoms with Crippen molar-refractivity contribution in [3.8, 4) is 5.75 Å². The number of nitrogens with zero attached hydrogens (tertiary/aromatic N) is 1. The van der Waals surface area contributed by atoms with Crippen molar-refractivity contribution in [1.29, 1.82) is 0 Å². The van der Waals surface area contributed by atoms with E-state index in [2.05, 4.69) is 0 Å². The van der Waals surface area contributed by atoms with Crippen molar-refractivity contribution in [3.05, 3.63) is 54.3 Å². The minimum Gasteiger partial charge on any atom is -0.479 e. The Kier molecular flexibility index (Phi) is 2.71. The van der Waals surface area contributed by atoms with Gasteiger partial charge in [0.15, 0.2) is 6.10 Å². The molecule has 0 spiro atoms. The number of para-hydroxylation sites is 2. The number of benzene rings is 2. The van der Waals surface area contributed by atoms with E-state index in [1.165, 1.54) is 17.0 Å². The summed E-state index contributed by atoms with van der Waals surface area (Å²) in [5.41, 5.74) is 1.14. The zero-order valence-corrected chi connectivity index (χ0v) is 10.3. The Bertz CT molecular complexity index is 642. The molecule has 0 aliphatic carbocycles. The third-order valence-corrected chi connectivity index (χ3v) is 3.04. The van der Waals surface area contributed by atoms with E-state index in [9.17, 15) is 9.18 Å². The van der Waals surface area contributed by atoms with Crippen LogP contribution in [0.3, 0.4) is 0 Å². The first-order valence-electron chi connectivity index (χ1n) is 6.02. The Morgan fingerprint density at radius 3 is 2.74 bits per heavy atom. The minimum atomic E-state index is -0.585. The van der Waals surface area contributed by atoms with Gasteiger partial charge in [-0.05, 0) is 37.3 Å². The van der Waals surface area contributed by atoms with Crippen LogP contribution in [0.4, 0.5) is 15.8 Å². The van der Waals surface area contributed by atoms with E-state index in [1.54, 1.807) is 31.2 Å². The fraction of sp³-hybridized carbons (Fsp3) is 0.133. The first-order valence-corrected chi connectivity index (χ1v) is 6.02. The van der Waals surface area contributed by atoms with Gasteiger partial charge < -0.3 is 4.74 Å². The maximum absolute atomic E-state index is 13.4. The third kappa shape index (κ3) is 1.95. The van der Waals surface area contributed by atoms with Gasteiger partial charge in [0.05, 0.1) is 11.4 Å². The normalized spacial score (nSPS) is 17.9. The summed E-state index contributed by atoms with van der Waals surface area (Å²) in [4.78, 5) is 13.8. The largest absolute Gasteiger partial charge is 0.479 e. The van der Waals surface area contributed by atoms with Crippen LogP contribution in [0.15, 0.2) is 48.5 Å². The molecule has 2 aromatic rings. The van der Waals surface area contributed by atoms with E-state index in [0.717, 1.165) is 0 Å². The van der Waals surface area contributed by atoms with Crippen LogP contribution in [0.2, 0.25) is 0 Å². The minimum absolute atomic E-state index is 0.204. The molecule has 1 atom stereocenters. The standard InChI is InChI=1S/C15H12FNO2/c1-10-15(18)17(12-6-4-5-11(16)9-12)13-7-2-3-8-14(13)19-10/h2-10H,1H3. The maximum Gasteiger partial charge on any atom is 0.272 e. The molecule has 19 heavy (non-hydrogen) atoms. The zero-order chi connectivity index (χ0) is 13.4. The second-order valence-corrected chi connectivity index (χ2v) is 4.38. The van der Waals surface area contributed by atoms with Gasteiger partial charge in [0.25, 0.3) is 5.91 Å². The Morgan fingerprint density at radius 2 is 1.95 bits per heavy atom. The smallest absolute Gasteiger partial charge is 0.272 e. The summed E-state index contributed by atoms with van der Waals surface area (Å²) >= 11 is 0. The van der Waals surface area contributed by atoms with Gasteiger partial charge in [0.2, 0.25) is 0 Å². The highest BCUT2D eigenvalue weighted by atomic mass is 19.1. The predicted octanol–water partition coefficient (Wildman–Crippen LogP) is 3.27. The number of fused-ring (bicyclic) bond motifs is 1. The summed E-state index contributed by atoms with van der Waals surface area (Å²) in [6.45, 7) is 1.69. The second kappa shape index (κ2) is 4.39. The van der Waals surface area contributed by atoms with Gasteiger partial charge in [-0.3, -0.25) is 9.69 Å². The van der Waals surface area contributed by atoms with Crippen molar-refractivity contribution in [2.24, 2.45) is 0 Å². The number of hydrogen-bond acceptors (Lipinski definition) is 2. The molecule has 1 amide bonds.